The average Bonchev–Trinajstić information content (AvgIpc) is 3.09. The molecule has 4 nitrogen and oxygen atoms in total. The molecule has 3 heterocycles. The molecule has 2 aromatic rings. The van der Waals surface area contributed by atoms with Crippen molar-refractivity contribution in [1.29, 1.82) is 0 Å². The van der Waals surface area contributed by atoms with E-state index in [-0.39, 0.29) is 5.91 Å². The van der Waals surface area contributed by atoms with Gasteiger partial charge in [-0.15, -0.1) is 11.3 Å². The molecule has 2 saturated heterocycles. The molecule has 7 heteroatoms. The second-order valence-corrected chi connectivity index (χ2v) is 8.71. The highest BCUT2D eigenvalue weighted by Crippen LogP contribution is 2.31. The lowest BCUT2D eigenvalue weighted by atomic mass is 10.00. The van der Waals surface area contributed by atoms with Gasteiger partial charge in [-0.2, -0.15) is 0 Å². The van der Waals surface area contributed by atoms with Gasteiger partial charge in [0.15, 0.2) is 0 Å². The van der Waals surface area contributed by atoms with Gasteiger partial charge in [0, 0.05) is 30.8 Å². The normalized spacial score (nSPS) is 19.2. The molecule has 2 aliphatic heterocycles. The van der Waals surface area contributed by atoms with Crippen LogP contribution in [-0.4, -0.2) is 52.9 Å². The number of hydrogen-bond acceptors (Lipinski definition) is 4. The molecule has 0 saturated carbocycles. The van der Waals surface area contributed by atoms with Crippen LogP contribution in [0.4, 0.5) is 8.78 Å². The SMILES string of the molecule is Cc1nc(-c2cc(F)cc(F)c2)sc1C(=O)N1CCC(N2CCCCC2)CC1. The van der Waals surface area contributed by atoms with E-state index in [2.05, 4.69) is 9.88 Å². The average molecular weight is 406 g/mol. The third kappa shape index (κ3) is 4.10. The predicted molar refractivity (Wildman–Crippen MR) is 107 cm³/mol. The van der Waals surface area contributed by atoms with Crippen LogP contribution in [0.3, 0.4) is 0 Å². The van der Waals surface area contributed by atoms with Crippen molar-refractivity contribution in [2.45, 2.75) is 45.1 Å². The number of likely N-dealkylation sites (tertiary alicyclic amines) is 2. The Balaban J connectivity index is 1.45. The van der Waals surface area contributed by atoms with E-state index in [0.29, 0.717) is 27.2 Å². The molecule has 0 N–H and O–H groups in total. The summed E-state index contributed by atoms with van der Waals surface area (Å²) in [5, 5.41) is 0.474. The first kappa shape index (κ1) is 19.5. The van der Waals surface area contributed by atoms with Gasteiger partial charge in [-0.05, 0) is 57.8 Å². The first-order chi connectivity index (χ1) is 13.5. The van der Waals surface area contributed by atoms with E-state index in [1.165, 1.54) is 55.8 Å². The van der Waals surface area contributed by atoms with E-state index in [9.17, 15) is 13.6 Å². The Morgan fingerprint density at radius 1 is 1.04 bits per heavy atom. The number of aryl methyl sites for hydroxylation is 1. The van der Waals surface area contributed by atoms with Crippen LogP contribution < -0.4 is 0 Å². The van der Waals surface area contributed by atoms with Gasteiger partial charge in [-0.1, -0.05) is 6.42 Å². The third-order valence-electron chi connectivity index (χ3n) is 5.76. The van der Waals surface area contributed by atoms with Gasteiger partial charge in [0.1, 0.15) is 21.5 Å². The van der Waals surface area contributed by atoms with Crippen LogP contribution in [0.25, 0.3) is 10.6 Å². The molecule has 0 unspecified atom stereocenters. The Bertz CT molecular complexity index is 835. The molecule has 1 amide bonds. The lowest BCUT2D eigenvalue weighted by molar-refractivity contribution is 0.0593. The molecule has 0 spiro atoms. The van der Waals surface area contributed by atoms with Gasteiger partial charge in [0.05, 0.1) is 5.69 Å². The Hall–Kier alpha value is -1.86. The number of piperidine rings is 2. The fourth-order valence-corrected chi connectivity index (χ4v) is 5.28. The van der Waals surface area contributed by atoms with E-state index in [1.807, 2.05) is 4.90 Å². The minimum atomic E-state index is -0.643. The van der Waals surface area contributed by atoms with E-state index < -0.39 is 11.6 Å². The van der Waals surface area contributed by atoms with Crippen LogP contribution in [0.2, 0.25) is 0 Å². The van der Waals surface area contributed by atoms with Gasteiger partial charge in [0.25, 0.3) is 5.91 Å². The number of carbonyl (C=O) groups is 1. The highest BCUT2D eigenvalue weighted by atomic mass is 32.1. The lowest BCUT2D eigenvalue weighted by Gasteiger charge is -2.40. The zero-order chi connectivity index (χ0) is 19.7. The summed E-state index contributed by atoms with van der Waals surface area (Å²) in [5.74, 6) is -1.30. The number of amides is 1. The van der Waals surface area contributed by atoms with Crippen molar-refractivity contribution in [3.63, 3.8) is 0 Å². The van der Waals surface area contributed by atoms with Gasteiger partial charge >= 0.3 is 0 Å². The van der Waals surface area contributed by atoms with Gasteiger partial charge in [-0.3, -0.25) is 4.79 Å². The molecule has 0 aliphatic carbocycles. The minimum Gasteiger partial charge on any atom is -0.338 e. The third-order valence-corrected chi connectivity index (χ3v) is 6.95. The summed E-state index contributed by atoms with van der Waals surface area (Å²) in [4.78, 5) is 22.5. The molecule has 28 heavy (non-hydrogen) atoms. The number of rotatable bonds is 3. The second kappa shape index (κ2) is 8.25. The summed E-state index contributed by atoms with van der Waals surface area (Å²) < 4.78 is 27.0. The summed E-state index contributed by atoms with van der Waals surface area (Å²) >= 11 is 1.21. The van der Waals surface area contributed by atoms with Crippen molar-refractivity contribution in [2.24, 2.45) is 0 Å². The highest BCUT2D eigenvalue weighted by Gasteiger charge is 2.29. The van der Waals surface area contributed by atoms with Crippen molar-refractivity contribution >= 4 is 17.2 Å². The maximum atomic E-state index is 13.5. The Morgan fingerprint density at radius 3 is 2.32 bits per heavy atom. The fourth-order valence-electron chi connectivity index (χ4n) is 4.26. The van der Waals surface area contributed by atoms with E-state index in [0.717, 1.165) is 32.0 Å². The summed E-state index contributed by atoms with van der Waals surface area (Å²) in [6.45, 7) is 5.64. The quantitative estimate of drug-likeness (QED) is 0.755. The lowest BCUT2D eigenvalue weighted by Crippen LogP contribution is -2.48. The highest BCUT2D eigenvalue weighted by molar-refractivity contribution is 7.17. The molecule has 1 aromatic heterocycles. The minimum absolute atomic E-state index is 0.0183. The zero-order valence-electron chi connectivity index (χ0n) is 16.1. The maximum Gasteiger partial charge on any atom is 0.265 e. The van der Waals surface area contributed by atoms with Crippen LogP contribution in [0.1, 0.15) is 47.5 Å². The van der Waals surface area contributed by atoms with Gasteiger partial charge in [-0.25, -0.2) is 13.8 Å². The van der Waals surface area contributed by atoms with Crippen molar-refractivity contribution in [2.75, 3.05) is 26.2 Å². The summed E-state index contributed by atoms with van der Waals surface area (Å²) in [6, 6.07) is 3.92. The number of benzene rings is 1. The van der Waals surface area contributed by atoms with Crippen LogP contribution in [-0.2, 0) is 0 Å². The monoisotopic (exact) mass is 405 g/mol. The molecule has 2 fully saturated rings. The number of thiazole rings is 1. The maximum absolute atomic E-state index is 13.5. The number of carbonyl (C=O) groups excluding carboxylic acids is 1. The van der Waals surface area contributed by atoms with E-state index >= 15 is 0 Å². The van der Waals surface area contributed by atoms with Gasteiger partial charge < -0.3 is 9.80 Å². The topological polar surface area (TPSA) is 36.4 Å². The largest absolute Gasteiger partial charge is 0.338 e. The molecule has 1 aromatic carbocycles. The van der Waals surface area contributed by atoms with E-state index in [1.54, 1.807) is 6.92 Å². The molecule has 2 aliphatic rings. The Kier molecular flexibility index (Phi) is 5.73. The van der Waals surface area contributed by atoms with Crippen LogP contribution in [0.5, 0.6) is 0 Å². The van der Waals surface area contributed by atoms with Crippen LogP contribution >= 0.6 is 11.3 Å². The molecule has 0 radical (unpaired) electrons. The smallest absolute Gasteiger partial charge is 0.265 e. The summed E-state index contributed by atoms with van der Waals surface area (Å²) in [6.07, 6.45) is 5.90. The number of halogens is 2. The van der Waals surface area contributed by atoms with Crippen LogP contribution in [0.15, 0.2) is 18.2 Å². The summed E-state index contributed by atoms with van der Waals surface area (Å²) in [7, 11) is 0. The number of aromatic nitrogens is 1. The fraction of sp³-hybridized carbons (Fsp3) is 0.524. The van der Waals surface area contributed by atoms with Crippen molar-refractivity contribution < 1.29 is 13.6 Å². The Labute approximate surface area is 168 Å². The second-order valence-electron chi connectivity index (χ2n) is 7.71. The molecular weight excluding hydrogens is 380 g/mol. The van der Waals surface area contributed by atoms with Crippen molar-refractivity contribution in [1.82, 2.24) is 14.8 Å². The van der Waals surface area contributed by atoms with Crippen molar-refractivity contribution in [3.8, 4) is 10.6 Å². The standard InChI is InChI=1S/C21H25F2N3OS/c1-14-19(28-20(24-14)15-11-16(22)13-17(23)12-15)21(27)26-9-5-18(6-10-26)25-7-3-2-4-8-25/h11-13,18H,2-10H2,1H3. The Morgan fingerprint density at radius 2 is 1.68 bits per heavy atom. The summed E-state index contributed by atoms with van der Waals surface area (Å²) in [5.41, 5.74) is 0.987. The van der Waals surface area contributed by atoms with Crippen LogP contribution in [0, 0.1) is 18.6 Å². The van der Waals surface area contributed by atoms with E-state index in [4.69, 9.17) is 0 Å². The molecule has 0 atom stereocenters. The zero-order valence-corrected chi connectivity index (χ0v) is 16.9. The first-order valence-corrected chi connectivity index (χ1v) is 10.8. The number of nitrogens with zero attached hydrogens (tertiary/aromatic N) is 3. The van der Waals surface area contributed by atoms with Gasteiger partial charge in [0.2, 0.25) is 0 Å². The molecule has 4 rings (SSSR count). The first-order valence-electron chi connectivity index (χ1n) is 9.98. The predicted octanol–water partition coefficient (Wildman–Crippen LogP) is 4.49. The van der Waals surface area contributed by atoms with Crippen molar-refractivity contribution in [3.05, 3.63) is 40.4 Å². The molecular formula is C21H25F2N3OS. The number of hydrogen-bond donors (Lipinski definition) is 0. The molecule has 150 valence electrons. The molecule has 0 bridgehead atoms.